The molecule has 0 fully saturated rings. The summed E-state index contributed by atoms with van der Waals surface area (Å²) in [4.78, 5) is 0. The standard InChI is InChI=1S/C9H7Br2Cl2N/c10-6-1-2-9(8(11)3-6)14-5-7(13)4-12/h1-4,14H,5H2/b7-4+. The summed E-state index contributed by atoms with van der Waals surface area (Å²) in [5.74, 6) is 0. The Morgan fingerprint density at radius 1 is 1.43 bits per heavy atom. The molecule has 1 aromatic rings. The van der Waals surface area contributed by atoms with E-state index >= 15 is 0 Å². The van der Waals surface area contributed by atoms with Gasteiger partial charge in [-0.3, -0.25) is 0 Å². The minimum atomic E-state index is 0.519. The molecule has 0 atom stereocenters. The number of benzene rings is 1. The van der Waals surface area contributed by atoms with E-state index in [-0.39, 0.29) is 0 Å². The van der Waals surface area contributed by atoms with Gasteiger partial charge in [-0.25, -0.2) is 0 Å². The molecule has 0 saturated heterocycles. The Morgan fingerprint density at radius 2 is 2.14 bits per heavy atom. The van der Waals surface area contributed by atoms with E-state index in [0.29, 0.717) is 11.6 Å². The van der Waals surface area contributed by atoms with Crippen molar-refractivity contribution in [3.8, 4) is 0 Å². The summed E-state index contributed by atoms with van der Waals surface area (Å²) in [6.07, 6.45) is 0. The first-order chi connectivity index (χ1) is 6.63. The van der Waals surface area contributed by atoms with E-state index in [1.54, 1.807) is 0 Å². The number of hydrogen-bond acceptors (Lipinski definition) is 1. The Balaban J connectivity index is 2.68. The minimum absolute atomic E-state index is 0.519. The van der Waals surface area contributed by atoms with Crippen molar-refractivity contribution in [2.24, 2.45) is 0 Å². The molecule has 0 aliphatic rings. The van der Waals surface area contributed by atoms with Crippen molar-refractivity contribution in [2.75, 3.05) is 11.9 Å². The average Bonchev–Trinajstić information content (AvgIpc) is 2.16. The second-order valence-electron chi connectivity index (χ2n) is 2.53. The van der Waals surface area contributed by atoms with Crippen LogP contribution in [0.3, 0.4) is 0 Å². The predicted molar refractivity (Wildman–Crippen MR) is 70.1 cm³/mol. The van der Waals surface area contributed by atoms with Gasteiger partial charge in [-0.1, -0.05) is 39.1 Å². The molecule has 0 aliphatic heterocycles. The zero-order valence-corrected chi connectivity index (χ0v) is 11.7. The lowest BCUT2D eigenvalue weighted by molar-refractivity contribution is 1.30. The first kappa shape index (κ1) is 12.4. The van der Waals surface area contributed by atoms with Crippen LogP contribution in [0, 0.1) is 0 Å². The minimum Gasteiger partial charge on any atom is -0.379 e. The monoisotopic (exact) mass is 357 g/mol. The SMILES string of the molecule is Cl/C=C(/Cl)CNc1ccc(Br)cc1Br. The van der Waals surface area contributed by atoms with Gasteiger partial charge in [0.15, 0.2) is 0 Å². The van der Waals surface area contributed by atoms with Gasteiger partial charge < -0.3 is 5.32 Å². The number of rotatable bonds is 3. The van der Waals surface area contributed by atoms with Gasteiger partial charge in [0.2, 0.25) is 0 Å². The number of halogens is 4. The summed E-state index contributed by atoms with van der Waals surface area (Å²) in [5, 5.41) is 3.71. The van der Waals surface area contributed by atoms with Gasteiger partial charge in [-0.2, -0.15) is 0 Å². The molecule has 0 saturated carbocycles. The number of nitrogens with one attached hydrogen (secondary N) is 1. The van der Waals surface area contributed by atoms with Gasteiger partial charge >= 0.3 is 0 Å². The first-order valence-electron chi connectivity index (χ1n) is 3.77. The van der Waals surface area contributed by atoms with Crippen LogP contribution in [0.4, 0.5) is 5.69 Å². The largest absolute Gasteiger partial charge is 0.379 e. The van der Waals surface area contributed by atoms with Crippen LogP contribution in [-0.2, 0) is 0 Å². The molecule has 0 aromatic heterocycles. The number of hydrogen-bond donors (Lipinski definition) is 1. The summed E-state index contributed by atoms with van der Waals surface area (Å²) in [6.45, 7) is 0.519. The van der Waals surface area contributed by atoms with E-state index < -0.39 is 0 Å². The fourth-order valence-corrected chi connectivity index (χ4v) is 2.18. The van der Waals surface area contributed by atoms with Gasteiger partial charge in [0, 0.05) is 25.2 Å². The third kappa shape index (κ3) is 3.81. The topological polar surface area (TPSA) is 12.0 Å². The second kappa shape index (κ2) is 6.01. The van der Waals surface area contributed by atoms with Gasteiger partial charge in [0.25, 0.3) is 0 Å². The summed E-state index contributed by atoms with van der Waals surface area (Å²) in [6, 6.07) is 5.86. The number of anilines is 1. The molecule has 14 heavy (non-hydrogen) atoms. The molecule has 0 spiro atoms. The maximum atomic E-state index is 5.74. The second-order valence-corrected chi connectivity index (χ2v) is 5.01. The molecular formula is C9H7Br2Cl2N. The quantitative estimate of drug-likeness (QED) is 0.805. The van der Waals surface area contributed by atoms with Crippen molar-refractivity contribution in [2.45, 2.75) is 0 Å². The van der Waals surface area contributed by atoms with Crippen LogP contribution in [0.15, 0.2) is 37.7 Å². The van der Waals surface area contributed by atoms with Crippen molar-refractivity contribution < 1.29 is 0 Å². The molecule has 1 nitrogen and oxygen atoms in total. The molecule has 5 heteroatoms. The van der Waals surface area contributed by atoms with E-state index in [2.05, 4.69) is 37.2 Å². The van der Waals surface area contributed by atoms with Gasteiger partial charge in [0.05, 0.1) is 6.54 Å². The molecule has 0 amide bonds. The Morgan fingerprint density at radius 3 is 2.71 bits per heavy atom. The first-order valence-corrected chi connectivity index (χ1v) is 6.17. The molecule has 1 aromatic carbocycles. The van der Waals surface area contributed by atoms with Crippen LogP contribution in [0.5, 0.6) is 0 Å². The van der Waals surface area contributed by atoms with E-state index in [1.807, 2.05) is 18.2 Å². The molecule has 0 aliphatic carbocycles. The third-order valence-corrected chi connectivity index (χ3v) is 3.26. The Hall–Kier alpha value is 0.300. The van der Waals surface area contributed by atoms with E-state index in [9.17, 15) is 0 Å². The van der Waals surface area contributed by atoms with E-state index in [4.69, 9.17) is 23.2 Å². The van der Waals surface area contributed by atoms with Gasteiger partial charge in [-0.05, 0) is 34.1 Å². The summed E-state index contributed by atoms with van der Waals surface area (Å²) in [7, 11) is 0. The molecule has 76 valence electrons. The normalized spacial score (nSPS) is 11.6. The Labute approximate surface area is 110 Å². The Kier molecular flexibility index (Phi) is 5.31. The molecule has 1 N–H and O–H groups in total. The van der Waals surface area contributed by atoms with Crippen LogP contribution >= 0.6 is 55.1 Å². The lowest BCUT2D eigenvalue weighted by atomic mass is 10.3. The Bertz CT molecular complexity index is 353. The van der Waals surface area contributed by atoms with Crippen molar-refractivity contribution in [3.63, 3.8) is 0 Å². The maximum Gasteiger partial charge on any atom is 0.0517 e. The zero-order chi connectivity index (χ0) is 10.6. The molecule has 0 bridgehead atoms. The predicted octanol–water partition coefficient (Wildman–Crippen LogP) is 4.94. The van der Waals surface area contributed by atoms with Crippen molar-refractivity contribution in [3.05, 3.63) is 37.7 Å². The smallest absolute Gasteiger partial charge is 0.0517 e. The molecule has 0 radical (unpaired) electrons. The highest BCUT2D eigenvalue weighted by Crippen LogP contribution is 2.26. The lowest BCUT2D eigenvalue weighted by Crippen LogP contribution is -2.01. The summed E-state index contributed by atoms with van der Waals surface area (Å²) in [5.41, 5.74) is 2.33. The van der Waals surface area contributed by atoms with Crippen LogP contribution in [0.25, 0.3) is 0 Å². The highest BCUT2D eigenvalue weighted by atomic mass is 79.9. The zero-order valence-electron chi connectivity index (χ0n) is 7.03. The average molecular weight is 360 g/mol. The fourth-order valence-electron chi connectivity index (χ4n) is 0.851. The molecule has 0 heterocycles. The van der Waals surface area contributed by atoms with Crippen molar-refractivity contribution in [1.82, 2.24) is 0 Å². The lowest BCUT2D eigenvalue weighted by Gasteiger charge is -2.07. The van der Waals surface area contributed by atoms with Crippen LogP contribution < -0.4 is 5.32 Å². The van der Waals surface area contributed by atoms with Crippen molar-refractivity contribution in [1.29, 1.82) is 0 Å². The molecule has 1 rings (SSSR count). The molecule has 0 unspecified atom stereocenters. The van der Waals surface area contributed by atoms with Gasteiger partial charge in [0.1, 0.15) is 0 Å². The van der Waals surface area contributed by atoms with E-state index in [0.717, 1.165) is 14.6 Å². The molecular weight excluding hydrogens is 353 g/mol. The summed E-state index contributed by atoms with van der Waals surface area (Å²) < 4.78 is 2.00. The van der Waals surface area contributed by atoms with Crippen LogP contribution in [0.1, 0.15) is 0 Å². The van der Waals surface area contributed by atoms with Crippen molar-refractivity contribution >= 4 is 60.7 Å². The highest BCUT2D eigenvalue weighted by molar-refractivity contribution is 9.11. The highest BCUT2D eigenvalue weighted by Gasteiger charge is 2.00. The fraction of sp³-hybridized carbons (Fsp3) is 0.111. The van der Waals surface area contributed by atoms with Crippen LogP contribution in [-0.4, -0.2) is 6.54 Å². The maximum absolute atomic E-state index is 5.74. The van der Waals surface area contributed by atoms with Gasteiger partial charge in [-0.15, -0.1) is 0 Å². The third-order valence-electron chi connectivity index (χ3n) is 1.50. The van der Waals surface area contributed by atoms with E-state index in [1.165, 1.54) is 5.54 Å². The summed E-state index contributed by atoms with van der Waals surface area (Å²) >= 11 is 18.0. The van der Waals surface area contributed by atoms with Crippen LogP contribution in [0.2, 0.25) is 0 Å².